The van der Waals surface area contributed by atoms with E-state index >= 15 is 0 Å². The molecule has 1 saturated carbocycles. The third-order valence-electron chi connectivity index (χ3n) is 5.84. The molecule has 2 bridgehead atoms. The van der Waals surface area contributed by atoms with E-state index in [0.29, 0.717) is 12.2 Å². The van der Waals surface area contributed by atoms with Crippen molar-refractivity contribution in [1.29, 1.82) is 0 Å². The quantitative estimate of drug-likeness (QED) is 0.630. The number of rotatable bonds is 3. The second kappa shape index (κ2) is 4.90. The number of nitrogens with zero attached hydrogens (tertiary/aromatic N) is 2. The molecule has 0 spiro atoms. The van der Waals surface area contributed by atoms with Crippen LogP contribution >= 0.6 is 0 Å². The van der Waals surface area contributed by atoms with E-state index < -0.39 is 0 Å². The molecule has 0 aromatic heterocycles. The van der Waals surface area contributed by atoms with Crippen LogP contribution < -0.4 is 5.32 Å². The molecule has 4 aliphatic rings. The summed E-state index contributed by atoms with van der Waals surface area (Å²) in [5.41, 5.74) is 0. The first kappa shape index (κ1) is 12.9. The zero-order valence-corrected chi connectivity index (χ0v) is 12.7. The van der Waals surface area contributed by atoms with Gasteiger partial charge in [-0.25, -0.2) is 0 Å². The highest BCUT2D eigenvalue weighted by molar-refractivity contribution is 5.80. The number of hydrogen-bond donors (Lipinski definition) is 1. The topological polar surface area (TPSA) is 36.9 Å². The van der Waals surface area contributed by atoms with E-state index in [1.807, 2.05) is 0 Å². The average Bonchev–Trinajstić information content (AvgIpc) is 2.89. The summed E-state index contributed by atoms with van der Waals surface area (Å²) in [7, 11) is 0. The van der Waals surface area contributed by atoms with Crippen molar-refractivity contribution in [2.75, 3.05) is 26.2 Å². The van der Waals surface area contributed by atoms with E-state index in [9.17, 15) is 0 Å². The molecular formula is C16H27N3O. The molecular weight excluding hydrogens is 250 g/mol. The van der Waals surface area contributed by atoms with Crippen molar-refractivity contribution in [1.82, 2.24) is 10.2 Å². The smallest absolute Gasteiger partial charge is 0.193 e. The molecule has 6 atom stereocenters. The normalized spacial score (nSPS) is 45.9. The Hall–Kier alpha value is -0.770. The molecule has 4 fully saturated rings. The first-order valence-electron chi connectivity index (χ1n) is 8.45. The molecule has 0 amide bonds. The van der Waals surface area contributed by atoms with Crippen molar-refractivity contribution in [3.63, 3.8) is 0 Å². The number of hydrogen-bond acceptors (Lipinski definition) is 2. The van der Waals surface area contributed by atoms with Crippen LogP contribution in [0.1, 0.15) is 33.1 Å². The molecule has 4 heteroatoms. The molecule has 4 rings (SSSR count). The van der Waals surface area contributed by atoms with Crippen LogP contribution in [0.25, 0.3) is 0 Å². The Bertz CT molecular complexity index is 393. The maximum absolute atomic E-state index is 6.06. The molecule has 3 heterocycles. The van der Waals surface area contributed by atoms with Crippen LogP contribution in [0.15, 0.2) is 4.99 Å². The van der Waals surface area contributed by atoms with Crippen LogP contribution in [0.4, 0.5) is 0 Å². The highest BCUT2D eigenvalue weighted by Crippen LogP contribution is 2.47. The Labute approximate surface area is 122 Å². The summed E-state index contributed by atoms with van der Waals surface area (Å²) in [5, 5.41) is 3.50. The first-order valence-corrected chi connectivity index (χ1v) is 8.45. The molecule has 112 valence electrons. The van der Waals surface area contributed by atoms with Gasteiger partial charge in [-0.05, 0) is 38.0 Å². The van der Waals surface area contributed by atoms with E-state index in [0.717, 1.165) is 55.8 Å². The molecule has 1 N–H and O–H groups in total. The van der Waals surface area contributed by atoms with Crippen molar-refractivity contribution >= 4 is 5.96 Å². The predicted octanol–water partition coefficient (Wildman–Crippen LogP) is 1.72. The standard InChI is InChI=1S/C16H27N3O/c1-3-17-16(18-7-11-6-10(11)2)19-8-12-13(9-19)15-5-4-14(12)20-15/h10-15H,3-9H2,1-2H3,(H,17,18). The lowest BCUT2D eigenvalue weighted by molar-refractivity contribution is 0.0767. The van der Waals surface area contributed by atoms with Crippen LogP contribution in [-0.2, 0) is 4.74 Å². The van der Waals surface area contributed by atoms with Gasteiger partial charge in [-0.15, -0.1) is 0 Å². The van der Waals surface area contributed by atoms with Crippen LogP contribution in [-0.4, -0.2) is 49.2 Å². The van der Waals surface area contributed by atoms with Crippen LogP contribution in [0.5, 0.6) is 0 Å². The minimum Gasteiger partial charge on any atom is -0.374 e. The van der Waals surface area contributed by atoms with Crippen molar-refractivity contribution in [3.8, 4) is 0 Å². The summed E-state index contributed by atoms with van der Waals surface area (Å²) in [6.07, 6.45) is 5.02. The highest BCUT2D eigenvalue weighted by atomic mass is 16.5. The van der Waals surface area contributed by atoms with E-state index in [1.165, 1.54) is 19.3 Å². The number of guanidine groups is 1. The van der Waals surface area contributed by atoms with Gasteiger partial charge in [0.25, 0.3) is 0 Å². The van der Waals surface area contributed by atoms with Gasteiger partial charge in [0.15, 0.2) is 5.96 Å². The van der Waals surface area contributed by atoms with Crippen molar-refractivity contribution in [2.45, 2.75) is 45.3 Å². The van der Waals surface area contributed by atoms with Crippen molar-refractivity contribution in [2.24, 2.45) is 28.7 Å². The van der Waals surface area contributed by atoms with Gasteiger partial charge in [-0.1, -0.05) is 6.92 Å². The fourth-order valence-electron chi connectivity index (χ4n) is 4.42. The fraction of sp³-hybridized carbons (Fsp3) is 0.938. The lowest BCUT2D eigenvalue weighted by Gasteiger charge is -2.23. The van der Waals surface area contributed by atoms with E-state index in [-0.39, 0.29) is 0 Å². The van der Waals surface area contributed by atoms with Gasteiger partial charge in [0.1, 0.15) is 0 Å². The second-order valence-corrected chi connectivity index (χ2v) is 7.19. The molecule has 0 aromatic carbocycles. The molecule has 0 aromatic rings. The first-order chi connectivity index (χ1) is 9.76. The zero-order valence-electron chi connectivity index (χ0n) is 12.7. The summed E-state index contributed by atoms with van der Waals surface area (Å²) in [5.74, 6) is 4.41. The van der Waals surface area contributed by atoms with Crippen LogP contribution in [0.3, 0.4) is 0 Å². The van der Waals surface area contributed by atoms with Crippen molar-refractivity contribution in [3.05, 3.63) is 0 Å². The van der Waals surface area contributed by atoms with Gasteiger partial charge in [0, 0.05) is 38.0 Å². The Kier molecular flexibility index (Phi) is 3.17. The summed E-state index contributed by atoms with van der Waals surface area (Å²) < 4.78 is 6.06. The Morgan fingerprint density at radius 3 is 2.45 bits per heavy atom. The maximum Gasteiger partial charge on any atom is 0.193 e. The van der Waals surface area contributed by atoms with Gasteiger partial charge >= 0.3 is 0 Å². The maximum atomic E-state index is 6.06. The molecule has 4 nitrogen and oxygen atoms in total. The molecule has 20 heavy (non-hydrogen) atoms. The second-order valence-electron chi connectivity index (χ2n) is 7.19. The monoisotopic (exact) mass is 277 g/mol. The van der Waals surface area contributed by atoms with Gasteiger partial charge < -0.3 is 15.0 Å². The third kappa shape index (κ3) is 2.12. The lowest BCUT2D eigenvalue weighted by Crippen LogP contribution is -2.41. The SMILES string of the molecule is CCNC(=NCC1CC1C)N1CC2C3CCC(O3)C2C1. The van der Waals surface area contributed by atoms with Crippen LogP contribution in [0.2, 0.25) is 0 Å². The van der Waals surface area contributed by atoms with E-state index in [4.69, 9.17) is 9.73 Å². The van der Waals surface area contributed by atoms with E-state index in [1.54, 1.807) is 0 Å². The third-order valence-corrected chi connectivity index (χ3v) is 5.84. The Morgan fingerprint density at radius 1 is 1.25 bits per heavy atom. The minimum atomic E-state index is 0.543. The molecule has 6 unspecified atom stereocenters. The molecule has 3 aliphatic heterocycles. The van der Waals surface area contributed by atoms with Crippen LogP contribution in [0, 0.1) is 23.7 Å². The largest absolute Gasteiger partial charge is 0.374 e. The van der Waals surface area contributed by atoms with Gasteiger partial charge in [0.2, 0.25) is 0 Å². The number of fused-ring (bicyclic) bond motifs is 5. The molecule has 1 aliphatic carbocycles. The predicted molar refractivity (Wildman–Crippen MR) is 79.7 cm³/mol. The highest BCUT2D eigenvalue weighted by Gasteiger charge is 2.53. The molecule has 3 saturated heterocycles. The molecule has 0 radical (unpaired) electrons. The summed E-state index contributed by atoms with van der Waals surface area (Å²) in [6.45, 7) is 8.78. The summed E-state index contributed by atoms with van der Waals surface area (Å²) >= 11 is 0. The number of nitrogens with one attached hydrogen (secondary N) is 1. The Balaban J connectivity index is 1.42. The number of likely N-dealkylation sites (tertiary alicyclic amines) is 1. The van der Waals surface area contributed by atoms with Gasteiger partial charge in [0.05, 0.1) is 12.2 Å². The van der Waals surface area contributed by atoms with Gasteiger partial charge in [-0.3, -0.25) is 4.99 Å². The average molecular weight is 277 g/mol. The summed E-state index contributed by atoms with van der Waals surface area (Å²) in [6, 6.07) is 0. The van der Waals surface area contributed by atoms with E-state index in [2.05, 4.69) is 24.1 Å². The fourth-order valence-corrected chi connectivity index (χ4v) is 4.42. The van der Waals surface area contributed by atoms with Crippen molar-refractivity contribution < 1.29 is 4.74 Å². The number of aliphatic imine (C=N–C) groups is 1. The van der Waals surface area contributed by atoms with Gasteiger partial charge in [-0.2, -0.15) is 0 Å². The summed E-state index contributed by atoms with van der Waals surface area (Å²) in [4.78, 5) is 7.40. The zero-order chi connectivity index (χ0) is 13.7. The Morgan fingerprint density at radius 2 is 1.90 bits per heavy atom. The number of ether oxygens (including phenoxy) is 1. The minimum absolute atomic E-state index is 0.543. The lowest BCUT2D eigenvalue weighted by atomic mass is 9.82.